The summed E-state index contributed by atoms with van der Waals surface area (Å²) in [5.74, 6) is 2.86. The smallest absolute Gasteiger partial charge is 0.222 e. The van der Waals surface area contributed by atoms with E-state index < -0.39 is 0 Å². The molecule has 2 aromatic rings. The molecule has 2 saturated heterocycles. The first-order valence-electron chi connectivity index (χ1n) is 11.0. The monoisotopic (exact) mass is 395 g/mol. The first-order valence-corrected chi connectivity index (χ1v) is 11.0. The zero-order valence-corrected chi connectivity index (χ0v) is 17.8. The van der Waals surface area contributed by atoms with Crippen LogP contribution in [0.1, 0.15) is 62.0 Å². The third-order valence-electron chi connectivity index (χ3n) is 6.91. The molecule has 0 bridgehead atoms. The number of likely N-dealkylation sites (tertiary alicyclic amines) is 2. The SMILES string of the molecule is Cc1ccc([C@H](C)CCN2CCC3(CCC(=O)N(Cc4ccncc4)C3)CC2)o1. The molecule has 0 saturated carbocycles. The van der Waals surface area contributed by atoms with Crippen molar-refractivity contribution in [3.63, 3.8) is 0 Å². The lowest BCUT2D eigenvalue weighted by molar-refractivity contribution is -0.139. The molecule has 4 heterocycles. The Labute approximate surface area is 174 Å². The van der Waals surface area contributed by atoms with Gasteiger partial charge in [0.15, 0.2) is 0 Å². The van der Waals surface area contributed by atoms with Crippen LogP contribution in [0.15, 0.2) is 41.1 Å². The van der Waals surface area contributed by atoms with E-state index in [2.05, 4.69) is 33.8 Å². The van der Waals surface area contributed by atoms with Gasteiger partial charge in [0.1, 0.15) is 11.5 Å². The molecule has 0 unspecified atom stereocenters. The fraction of sp³-hybridized carbons (Fsp3) is 0.583. The zero-order valence-electron chi connectivity index (χ0n) is 17.8. The summed E-state index contributed by atoms with van der Waals surface area (Å²) in [4.78, 5) is 21.3. The van der Waals surface area contributed by atoms with Crippen molar-refractivity contribution >= 4 is 5.91 Å². The summed E-state index contributed by atoms with van der Waals surface area (Å²) < 4.78 is 5.79. The Balaban J connectivity index is 1.28. The van der Waals surface area contributed by atoms with Gasteiger partial charge in [-0.3, -0.25) is 9.78 Å². The lowest BCUT2D eigenvalue weighted by Crippen LogP contribution is -2.51. The molecule has 1 spiro atoms. The second-order valence-electron chi connectivity index (χ2n) is 9.09. The maximum Gasteiger partial charge on any atom is 0.222 e. The Bertz CT molecular complexity index is 809. The van der Waals surface area contributed by atoms with Gasteiger partial charge in [0.2, 0.25) is 5.91 Å². The number of hydrogen-bond acceptors (Lipinski definition) is 4. The van der Waals surface area contributed by atoms with Gasteiger partial charge in [-0.15, -0.1) is 0 Å². The molecular formula is C24H33N3O2. The van der Waals surface area contributed by atoms with Crippen LogP contribution in [0.4, 0.5) is 0 Å². The lowest BCUT2D eigenvalue weighted by Gasteiger charge is -2.47. The average molecular weight is 396 g/mol. The Morgan fingerprint density at radius 1 is 1.14 bits per heavy atom. The molecule has 2 aliphatic rings. The number of piperidine rings is 2. The molecule has 0 aliphatic carbocycles. The Hall–Kier alpha value is -2.14. The van der Waals surface area contributed by atoms with Crippen molar-refractivity contribution in [2.45, 2.75) is 58.4 Å². The average Bonchev–Trinajstić information content (AvgIpc) is 3.18. The molecule has 156 valence electrons. The van der Waals surface area contributed by atoms with E-state index >= 15 is 0 Å². The van der Waals surface area contributed by atoms with E-state index in [1.165, 1.54) is 18.4 Å². The number of furan rings is 1. The van der Waals surface area contributed by atoms with Crippen LogP contribution in [0.5, 0.6) is 0 Å². The van der Waals surface area contributed by atoms with Crippen molar-refractivity contribution in [2.24, 2.45) is 5.41 Å². The number of aryl methyl sites for hydroxylation is 1. The molecule has 29 heavy (non-hydrogen) atoms. The normalized spacial score (nSPS) is 20.9. The largest absolute Gasteiger partial charge is 0.466 e. The number of carbonyl (C=O) groups is 1. The number of nitrogens with zero attached hydrogens (tertiary/aromatic N) is 3. The maximum absolute atomic E-state index is 12.5. The van der Waals surface area contributed by atoms with Crippen LogP contribution in [0.25, 0.3) is 0 Å². The molecule has 0 N–H and O–H groups in total. The molecular weight excluding hydrogens is 362 g/mol. The highest BCUT2D eigenvalue weighted by atomic mass is 16.3. The van der Waals surface area contributed by atoms with Crippen LogP contribution in [0.3, 0.4) is 0 Å². The first-order chi connectivity index (χ1) is 14.0. The van der Waals surface area contributed by atoms with Gasteiger partial charge in [0, 0.05) is 37.8 Å². The molecule has 2 aromatic heterocycles. The zero-order chi connectivity index (χ0) is 20.3. The number of amides is 1. The highest BCUT2D eigenvalue weighted by molar-refractivity contribution is 5.77. The molecule has 2 aliphatic heterocycles. The van der Waals surface area contributed by atoms with E-state index in [1.54, 1.807) is 0 Å². The maximum atomic E-state index is 12.5. The fourth-order valence-electron chi connectivity index (χ4n) is 4.85. The van der Waals surface area contributed by atoms with Gasteiger partial charge in [-0.25, -0.2) is 0 Å². The third kappa shape index (κ3) is 4.89. The van der Waals surface area contributed by atoms with Gasteiger partial charge in [-0.1, -0.05) is 6.92 Å². The summed E-state index contributed by atoms with van der Waals surface area (Å²) >= 11 is 0. The molecule has 1 atom stereocenters. The minimum absolute atomic E-state index is 0.303. The molecule has 5 heteroatoms. The number of carbonyl (C=O) groups excluding carboxylic acids is 1. The van der Waals surface area contributed by atoms with E-state index in [4.69, 9.17) is 4.42 Å². The minimum Gasteiger partial charge on any atom is -0.466 e. The van der Waals surface area contributed by atoms with E-state index in [9.17, 15) is 4.79 Å². The van der Waals surface area contributed by atoms with Crippen LogP contribution in [-0.4, -0.2) is 46.9 Å². The fourth-order valence-corrected chi connectivity index (χ4v) is 4.85. The topological polar surface area (TPSA) is 49.6 Å². The minimum atomic E-state index is 0.303. The first kappa shape index (κ1) is 20.1. The van der Waals surface area contributed by atoms with Crippen molar-refractivity contribution < 1.29 is 9.21 Å². The summed E-state index contributed by atoms with van der Waals surface area (Å²) in [5, 5.41) is 0. The highest BCUT2D eigenvalue weighted by Gasteiger charge is 2.40. The van der Waals surface area contributed by atoms with E-state index in [0.29, 0.717) is 30.2 Å². The molecule has 0 aromatic carbocycles. The lowest BCUT2D eigenvalue weighted by atomic mass is 9.72. The van der Waals surface area contributed by atoms with E-state index in [1.807, 2.05) is 31.5 Å². The number of pyridine rings is 1. The van der Waals surface area contributed by atoms with E-state index in [0.717, 1.165) is 50.5 Å². The standard InChI is InChI=1S/C24H33N3O2/c1-19(22-4-3-20(2)29-22)8-14-26-15-10-24(11-16-26)9-5-23(28)27(18-24)17-21-6-12-25-13-7-21/h3-4,6-7,12-13,19H,5,8-11,14-18H2,1-2H3/t19-/m1/s1. The predicted octanol–water partition coefficient (Wildman–Crippen LogP) is 4.38. The van der Waals surface area contributed by atoms with Crippen molar-refractivity contribution in [3.05, 3.63) is 53.7 Å². The summed E-state index contributed by atoms with van der Waals surface area (Å²) in [6.07, 6.45) is 8.88. The number of aromatic nitrogens is 1. The van der Waals surface area contributed by atoms with Crippen molar-refractivity contribution in [3.8, 4) is 0 Å². The van der Waals surface area contributed by atoms with Crippen molar-refractivity contribution in [1.29, 1.82) is 0 Å². The summed E-state index contributed by atoms with van der Waals surface area (Å²) in [7, 11) is 0. The third-order valence-corrected chi connectivity index (χ3v) is 6.91. The van der Waals surface area contributed by atoms with Gasteiger partial charge >= 0.3 is 0 Å². The summed E-state index contributed by atoms with van der Waals surface area (Å²) in [6, 6.07) is 8.19. The molecule has 0 radical (unpaired) electrons. The van der Waals surface area contributed by atoms with Crippen LogP contribution < -0.4 is 0 Å². The summed E-state index contributed by atoms with van der Waals surface area (Å²) in [5.41, 5.74) is 1.48. The van der Waals surface area contributed by atoms with Crippen LogP contribution in [0, 0.1) is 12.3 Å². The number of rotatable bonds is 6. The van der Waals surface area contributed by atoms with Crippen LogP contribution >= 0.6 is 0 Å². The molecule has 5 nitrogen and oxygen atoms in total. The van der Waals surface area contributed by atoms with Gasteiger partial charge in [0.25, 0.3) is 0 Å². The van der Waals surface area contributed by atoms with E-state index in [-0.39, 0.29) is 0 Å². The van der Waals surface area contributed by atoms with Gasteiger partial charge in [-0.2, -0.15) is 0 Å². The van der Waals surface area contributed by atoms with Crippen LogP contribution in [0.2, 0.25) is 0 Å². The highest BCUT2D eigenvalue weighted by Crippen LogP contribution is 2.40. The number of hydrogen-bond donors (Lipinski definition) is 0. The molecule has 2 fully saturated rings. The van der Waals surface area contributed by atoms with Gasteiger partial charge in [-0.05, 0) is 87.5 Å². The van der Waals surface area contributed by atoms with Crippen molar-refractivity contribution in [2.75, 3.05) is 26.2 Å². The second kappa shape index (κ2) is 8.70. The van der Waals surface area contributed by atoms with Crippen LogP contribution in [-0.2, 0) is 11.3 Å². The van der Waals surface area contributed by atoms with Gasteiger partial charge < -0.3 is 14.2 Å². The Kier molecular flexibility index (Phi) is 6.04. The molecule has 4 rings (SSSR count). The quantitative estimate of drug-likeness (QED) is 0.728. The second-order valence-corrected chi connectivity index (χ2v) is 9.09. The predicted molar refractivity (Wildman–Crippen MR) is 113 cm³/mol. The summed E-state index contributed by atoms with van der Waals surface area (Å²) in [6.45, 7) is 9.29. The van der Waals surface area contributed by atoms with Gasteiger partial charge in [0.05, 0.1) is 0 Å². The van der Waals surface area contributed by atoms with Crippen molar-refractivity contribution in [1.82, 2.24) is 14.8 Å². The Morgan fingerprint density at radius 3 is 2.59 bits per heavy atom. The Morgan fingerprint density at radius 2 is 1.90 bits per heavy atom. The molecule has 1 amide bonds.